The molecule has 0 spiro atoms. The van der Waals surface area contributed by atoms with Crippen LogP contribution in [0.4, 0.5) is 5.82 Å². The van der Waals surface area contributed by atoms with Gasteiger partial charge in [-0.2, -0.15) is 23.9 Å². The molecule has 5 rings (SSSR count). The molecule has 1 atom stereocenters. The molecule has 0 radical (unpaired) electrons. The van der Waals surface area contributed by atoms with Gasteiger partial charge in [-0.1, -0.05) is 6.92 Å². The van der Waals surface area contributed by atoms with E-state index in [1.54, 1.807) is 16.9 Å². The molecule has 0 unspecified atom stereocenters. The second-order valence-electron chi connectivity index (χ2n) is 10.1. The Hall–Kier alpha value is -3.09. The van der Waals surface area contributed by atoms with Crippen LogP contribution in [0.2, 0.25) is 0 Å². The molecule has 2 aliphatic rings. The summed E-state index contributed by atoms with van der Waals surface area (Å²) in [6, 6.07) is 8.39. The van der Waals surface area contributed by atoms with Crippen LogP contribution in [-0.2, 0) is 4.79 Å². The minimum atomic E-state index is 0. The molecular formula is C27H34N6O2S. The Bertz CT molecular complexity index is 1270. The fourth-order valence-corrected chi connectivity index (χ4v) is 5.29. The lowest BCUT2D eigenvalue weighted by atomic mass is 9.74. The van der Waals surface area contributed by atoms with Gasteiger partial charge in [0.15, 0.2) is 5.78 Å². The molecule has 2 aliphatic heterocycles. The van der Waals surface area contributed by atoms with Crippen LogP contribution in [-0.4, -0.2) is 64.6 Å². The highest BCUT2D eigenvalue weighted by molar-refractivity contribution is 7.59. The molecule has 0 aromatic carbocycles. The van der Waals surface area contributed by atoms with Crippen LogP contribution in [0.3, 0.4) is 0 Å². The van der Waals surface area contributed by atoms with Gasteiger partial charge >= 0.3 is 0 Å². The number of fused-ring (bicyclic) bond motifs is 1. The van der Waals surface area contributed by atoms with E-state index in [4.69, 9.17) is 9.72 Å². The Kier molecular flexibility index (Phi) is 7.57. The third kappa shape index (κ3) is 4.93. The highest BCUT2D eigenvalue weighted by Crippen LogP contribution is 2.38. The van der Waals surface area contributed by atoms with Crippen molar-refractivity contribution in [2.45, 2.75) is 45.6 Å². The van der Waals surface area contributed by atoms with Crippen molar-refractivity contribution in [3.05, 3.63) is 42.4 Å². The Morgan fingerprint density at radius 1 is 1.25 bits per heavy atom. The first kappa shape index (κ1) is 26.0. The van der Waals surface area contributed by atoms with Gasteiger partial charge < -0.3 is 9.64 Å². The number of aromatic nitrogens is 3. The summed E-state index contributed by atoms with van der Waals surface area (Å²) < 4.78 is 7.41. The lowest BCUT2D eigenvalue weighted by molar-refractivity contribution is -0.130. The summed E-state index contributed by atoms with van der Waals surface area (Å²) in [6.07, 6.45) is 8.87. The molecule has 0 amide bonds. The number of pyridine rings is 2. The number of likely N-dealkylation sites (N-methyl/N-ethyl adjacent to an activating group) is 1. The molecule has 0 aliphatic carbocycles. The van der Waals surface area contributed by atoms with Gasteiger partial charge in [-0.25, -0.2) is 9.50 Å². The number of anilines is 1. The van der Waals surface area contributed by atoms with E-state index in [2.05, 4.69) is 27.9 Å². The summed E-state index contributed by atoms with van der Waals surface area (Å²) in [4.78, 5) is 21.9. The highest BCUT2D eigenvalue weighted by atomic mass is 32.1. The molecular weight excluding hydrogens is 472 g/mol. The smallest absolute Gasteiger partial charge is 0.150 e. The SMILES string of the molecule is CCOc1cc(-c2ccc(N3CCC(C)(CC(=O)[C@@H]4CCN4C)CC3)nc2)c2c(C#N)cnn2c1.S. The summed E-state index contributed by atoms with van der Waals surface area (Å²) in [7, 11) is 2.04. The number of likely N-dealkylation sites (tertiary alicyclic amines) is 1. The third-order valence-electron chi connectivity index (χ3n) is 7.63. The highest BCUT2D eigenvalue weighted by Gasteiger charge is 2.38. The number of ketones is 1. The van der Waals surface area contributed by atoms with Crippen molar-refractivity contribution in [1.29, 1.82) is 5.26 Å². The normalized spacial score (nSPS) is 19.3. The number of hydrogen-bond acceptors (Lipinski definition) is 7. The maximum absolute atomic E-state index is 12.7. The number of nitriles is 1. The molecule has 3 aromatic heterocycles. The topological polar surface area (TPSA) is 86.8 Å². The number of carbonyl (C=O) groups is 1. The fourth-order valence-electron chi connectivity index (χ4n) is 5.29. The fraction of sp³-hybridized carbons (Fsp3) is 0.481. The molecule has 36 heavy (non-hydrogen) atoms. The van der Waals surface area contributed by atoms with Crippen LogP contribution >= 0.6 is 13.5 Å². The van der Waals surface area contributed by atoms with E-state index in [-0.39, 0.29) is 25.0 Å². The average Bonchev–Trinajstić information content (AvgIpc) is 3.26. The second-order valence-corrected chi connectivity index (χ2v) is 10.1. The van der Waals surface area contributed by atoms with Crippen molar-refractivity contribution in [3.8, 4) is 22.9 Å². The molecule has 9 heteroatoms. The van der Waals surface area contributed by atoms with Gasteiger partial charge in [0.1, 0.15) is 17.6 Å². The number of carbonyl (C=O) groups excluding carboxylic acids is 1. The lowest BCUT2D eigenvalue weighted by Gasteiger charge is -2.42. The van der Waals surface area contributed by atoms with Crippen molar-refractivity contribution >= 4 is 30.6 Å². The van der Waals surface area contributed by atoms with Gasteiger partial charge in [0.2, 0.25) is 0 Å². The maximum atomic E-state index is 12.7. The van der Waals surface area contributed by atoms with Gasteiger partial charge in [0.05, 0.1) is 36.1 Å². The van der Waals surface area contributed by atoms with Gasteiger partial charge in [-0.3, -0.25) is 9.69 Å². The van der Waals surface area contributed by atoms with Gasteiger partial charge in [0.25, 0.3) is 0 Å². The first-order chi connectivity index (χ1) is 16.9. The van der Waals surface area contributed by atoms with Crippen LogP contribution in [0.15, 0.2) is 36.8 Å². The molecule has 2 saturated heterocycles. The van der Waals surface area contributed by atoms with E-state index in [9.17, 15) is 10.1 Å². The molecule has 0 N–H and O–H groups in total. The van der Waals surface area contributed by atoms with Gasteiger partial charge in [-0.05, 0) is 56.8 Å². The van der Waals surface area contributed by atoms with Crippen molar-refractivity contribution in [3.63, 3.8) is 0 Å². The Morgan fingerprint density at radius 2 is 2.03 bits per heavy atom. The van der Waals surface area contributed by atoms with Crippen LogP contribution in [0.25, 0.3) is 16.6 Å². The number of piperidine rings is 1. The van der Waals surface area contributed by atoms with E-state index >= 15 is 0 Å². The number of rotatable bonds is 7. The number of ether oxygens (including phenoxy) is 1. The van der Waals surface area contributed by atoms with Crippen molar-refractivity contribution in [2.75, 3.05) is 38.2 Å². The molecule has 2 fully saturated rings. The van der Waals surface area contributed by atoms with Gasteiger partial charge in [-0.15, -0.1) is 0 Å². The van der Waals surface area contributed by atoms with E-state index in [0.717, 1.165) is 61.4 Å². The zero-order valence-electron chi connectivity index (χ0n) is 21.2. The molecule has 5 heterocycles. The summed E-state index contributed by atoms with van der Waals surface area (Å²) in [5.74, 6) is 2.03. The quantitative estimate of drug-likeness (QED) is 0.478. The van der Waals surface area contributed by atoms with Crippen LogP contribution in [0.1, 0.15) is 45.1 Å². The molecule has 190 valence electrons. The zero-order valence-corrected chi connectivity index (χ0v) is 22.2. The molecule has 3 aromatic rings. The number of nitrogens with zero attached hydrogens (tertiary/aromatic N) is 6. The van der Waals surface area contributed by atoms with Crippen LogP contribution in [0.5, 0.6) is 5.75 Å². The first-order valence-electron chi connectivity index (χ1n) is 12.4. The minimum absolute atomic E-state index is 0. The maximum Gasteiger partial charge on any atom is 0.150 e. The van der Waals surface area contributed by atoms with E-state index in [0.29, 0.717) is 30.1 Å². The predicted molar refractivity (Wildman–Crippen MR) is 145 cm³/mol. The van der Waals surface area contributed by atoms with Crippen molar-refractivity contribution in [1.82, 2.24) is 19.5 Å². The molecule has 0 bridgehead atoms. The zero-order chi connectivity index (χ0) is 24.6. The molecule has 8 nitrogen and oxygen atoms in total. The van der Waals surface area contributed by atoms with E-state index in [1.165, 1.54) is 0 Å². The van der Waals surface area contributed by atoms with E-state index < -0.39 is 0 Å². The molecule has 0 saturated carbocycles. The monoisotopic (exact) mass is 506 g/mol. The Balaban J connectivity index is 0.00000304. The minimum Gasteiger partial charge on any atom is -0.492 e. The first-order valence-corrected chi connectivity index (χ1v) is 12.4. The lowest BCUT2D eigenvalue weighted by Crippen LogP contribution is -2.51. The summed E-state index contributed by atoms with van der Waals surface area (Å²) in [5, 5.41) is 13.9. The predicted octanol–water partition coefficient (Wildman–Crippen LogP) is 4.05. The van der Waals surface area contributed by atoms with Crippen LogP contribution in [0, 0.1) is 16.7 Å². The summed E-state index contributed by atoms with van der Waals surface area (Å²) in [5.41, 5.74) is 3.11. The third-order valence-corrected chi connectivity index (χ3v) is 7.63. The number of hydrogen-bond donors (Lipinski definition) is 0. The Labute approximate surface area is 219 Å². The van der Waals surface area contributed by atoms with E-state index in [1.807, 2.05) is 38.4 Å². The standard InChI is InChI=1S/C27H32N6O2.H2S/c1-4-35-21-13-22(26-20(15-28)17-30-33(26)18-21)19-5-6-25(29-16-19)32-11-8-27(2,9-12-32)14-24(34)23-7-10-31(23)3;/h5-6,13,16-18,23H,4,7-12,14H2,1-3H3;1H2/t23-;/m0./s1. The van der Waals surface area contributed by atoms with Gasteiger partial charge in [0, 0.05) is 43.4 Å². The van der Waals surface area contributed by atoms with Crippen molar-refractivity contribution in [2.24, 2.45) is 5.41 Å². The largest absolute Gasteiger partial charge is 0.492 e. The second kappa shape index (κ2) is 10.5. The summed E-state index contributed by atoms with van der Waals surface area (Å²) >= 11 is 0. The summed E-state index contributed by atoms with van der Waals surface area (Å²) in [6.45, 7) is 7.56. The Morgan fingerprint density at radius 3 is 2.61 bits per heavy atom. The van der Waals surface area contributed by atoms with Crippen LogP contribution < -0.4 is 9.64 Å². The number of Topliss-reactive ketones (excluding diaryl/α,β-unsaturated/α-hetero) is 1. The average molecular weight is 507 g/mol. The van der Waals surface area contributed by atoms with Crippen molar-refractivity contribution < 1.29 is 9.53 Å².